The largest absolute Gasteiger partial charge is 0.340 e. The van der Waals surface area contributed by atoms with Gasteiger partial charge in [0.1, 0.15) is 5.82 Å². The smallest absolute Gasteiger partial charge is 0.229 e. The number of aryl methyl sites for hydroxylation is 1. The number of nitrogens with one attached hydrogen (secondary N) is 2. The highest BCUT2D eigenvalue weighted by atomic mass is 16.1. The van der Waals surface area contributed by atoms with Crippen LogP contribution < -0.4 is 10.6 Å². The van der Waals surface area contributed by atoms with Gasteiger partial charge in [0.05, 0.1) is 0 Å². The molecule has 2 N–H and O–H groups in total. The number of anilines is 4. The molecule has 2 aromatic carbocycles. The van der Waals surface area contributed by atoms with E-state index in [0.29, 0.717) is 23.2 Å². The molecule has 0 unspecified atom stereocenters. The lowest BCUT2D eigenvalue weighted by Crippen LogP contribution is -2.04. The summed E-state index contributed by atoms with van der Waals surface area (Å²) in [6.07, 6.45) is 0. The fraction of sp³-hybridized carbons (Fsp3) is 0.227. The van der Waals surface area contributed by atoms with Crippen molar-refractivity contribution in [3.63, 3.8) is 0 Å². The molecule has 1 aromatic heterocycles. The zero-order valence-electron chi connectivity index (χ0n) is 16.1. The summed E-state index contributed by atoms with van der Waals surface area (Å²) in [6.45, 7) is 7.82. The van der Waals surface area contributed by atoms with E-state index in [1.54, 1.807) is 19.1 Å². The molecule has 5 nitrogen and oxygen atoms in total. The average Bonchev–Trinajstić information content (AvgIpc) is 2.62. The third-order valence-electron chi connectivity index (χ3n) is 4.25. The van der Waals surface area contributed by atoms with Crippen LogP contribution in [0, 0.1) is 6.92 Å². The number of rotatable bonds is 6. The van der Waals surface area contributed by atoms with Gasteiger partial charge in [-0.05, 0) is 55.7 Å². The summed E-state index contributed by atoms with van der Waals surface area (Å²) < 4.78 is 0. The third-order valence-corrected chi connectivity index (χ3v) is 4.25. The highest BCUT2D eigenvalue weighted by molar-refractivity contribution is 5.94. The fourth-order valence-electron chi connectivity index (χ4n) is 2.86. The summed E-state index contributed by atoms with van der Waals surface area (Å²) in [5.74, 6) is 1.69. The molecule has 0 fully saturated rings. The van der Waals surface area contributed by atoms with Crippen LogP contribution in [0.2, 0.25) is 0 Å². The van der Waals surface area contributed by atoms with Crippen molar-refractivity contribution in [3.8, 4) is 0 Å². The monoisotopic (exact) mass is 360 g/mol. The summed E-state index contributed by atoms with van der Waals surface area (Å²) in [5.41, 5.74) is 4.64. The Balaban J connectivity index is 1.83. The molecule has 3 aromatic rings. The Labute approximate surface area is 159 Å². The van der Waals surface area contributed by atoms with Gasteiger partial charge in [-0.2, -0.15) is 4.98 Å². The van der Waals surface area contributed by atoms with Gasteiger partial charge in [-0.15, -0.1) is 0 Å². The standard InChI is InChI=1S/C22H24N4O/c1-14(2)19-7-5-6-8-20(19)25-22-23-15(3)13-21(26-22)24-18-11-9-17(10-12-18)16(4)27/h5-14H,1-4H3,(H2,23,24,25,26). The second-order valence-electron chi connectivity index (χ2n) is 6.84. The number of hydrogen-bond donors (Lipinski definition) is 2. The Morgan fingerprint density at radius 1 is 0.963 bits per heavy atom. The Morgan fingerprint density at radius 2 is 1.67 bits per heavy atom. The van der Waals surface area contributed by atoms with Crippen LogP contribution in [-0.4, -0.2) is 15.8 Å². The molecule has 5 heteroatoms. The molecule has 0 aliphatic heterocycles. The molecular formula is C22H24N4O. The molecule has 1 heterocycles. The molecule has 0 atom stereocenters. The van der Waals surface area contributed by atoms with Gasteiger partial charge in [-0.25, -0.2) is 4.98 Å². The maximum Gasteiger partial charge on any atom is 0.229 e. The highest BCUT2D eigenvalue weighted by Crippen LogP contribution is 2.26. The van der Waals surface area contributed by atoms with Crippen molar-refractivity contribution in [1.82, 2.24) is 9.97 Å². The Bertz CT molecular complexity index is 949. The molecule has 0 saturated heterocycles. The van der Waals surface area contributed by atoms with Gasteiger partial charge >= 0.3 is 0 Å². The minimum atomic E-state index is 0.0507. The number of Topliss-reactive ketones (excluding diaryl/α,β-unsaturated/α-hetero) is 1. The van der Waals surface area contributed by atoms with Crippen molar-refractivity contribution in [2.75, 3.05) is 10.6 Å². The molecule has 0 spiro atoms. The van der Waals surface area contributed by atoms with Crippen molar-refractivity contribution < 1.29 is 4.79 Å². The van der Waals surface area contributed by atoms with Crippen LogP contribution in [-0.2, 0) is 0 Å². The third kappa shape index (κ3) is 4.70. The lowest BCUT2D eigenvalue weighted by Gasteiger charge is -2.15. The first kappa shape index (κ1) is 18.6. The van der Waals surface area contributed by atoms with Gasteiger partial charge in [0.2, 0.25) is 5.95 Å². The van der Waals surface area contributed by atoms with Gasteiger partial charge in [0, 0.05) is 28.7 Å². The maximum absolute atomic E-state index is 11.4. The SMILES string of the molecule is CC(=O)c1ccc(Nc2cc(C)nc(Nc3ccccc3C(C)C)n2)cc1. The van der Waals surface area contributed by atoms with Gasteiger partial charge in [-0.3, -0.25) is 4.79 Å². The molecule has 0 saturated carbocycles. The molecule has 3 rings (SSSR count). The summed E-state index contributed by atoms with van der Waals surface area (Å²) in [4.78, 5) is 20.5. The van der Waals surface area contributed by atoms with E-state index in [4.69, 9.17) is 0 Å². The summed E-state index contributed by atoms with van der Waals surface area (Å²) >= 11 is 0. The van der Waals surface area contributed by atoms with E-state index in [1.807, 2.05) is 43.3 Å². The molecule has 138 valence electrons. The van der Waals surface area contributed by atoms with Crippen LogP contribution in [0.4, 0.5) is 23.1 Å². The van der Waals surface area contributed by atoms with Crippen LogP contribution in [0.3, 0.4) is 0 Å². The predicted molar refractivity (Wildman–Crippen MR) is 110 cm³/mol. The lowest BCUT2D eigenvalue weighted by molar-refractivity contribution is 0.101. The van der Waals surface area contributed by atoms with E-state index < -0.39 is 0 Å². The Morgan fingerprint density at radius 3 is 2.33 bits per heavy atom. The summed E-state index contributed by atoms with van der Waals surface area (Å²) in [5, 5.41) is 6.61. The second kappa shape index (κ2) is 7.99. The molecular weight excluding hydrogens is 336 g/mol. The highest BCUT2D eigenvalue weighted by Gasteiger charge is 2.09. The van der Waals surface area contributed by atoms with Crippen LogP contribution in [0.15, 0.2) is 54.6 Å². The zero-order valence-corrected chi connectivity index (χ0v) is 16.1. The number of benzene rings is 2. The lowest BCUT2D eigenvalue weighted by atomic mass is 10.0. The molecule has 0 amide bonds. The van der Waals surface area contributed by atoms with Crippen molar-refractivity contribution in [2.24, 2.45) is 0 Å². The number of hydrogen-bond acceptors (Lipinski definition) is 5. The normalized spacial score (nSPS) is 10.7. The first-order chi connectivity index (χ1) is 12.9. The van der Waals surface area contributed by atoms with Gasteiger partial charge in [-0.1, -0.05) is 32.0 Å². The van der Waals surface area contributed by atoms with E-state index in [2.05, 4.69) is 40.5 Å². The minimum absolute atomic E-state index is 0.0507. The Hall–Kier alpha value is -3.21. The van der Waals surface area contributed by atoms with Crippen molar-refractivity contribution >= 4 is 28.9 Å². The summed E-state index contributed by atoms with van der Waals surface area (Å²) in [7, 11) is 0. The van der Waals surface area contributed by atoms with Crippen LogP contribution in [0.1, 0.15) is 48.3 Å². The van der Waals surface area contributed by atoms with Crippen molar-refractivity contribution in [3.05, 3.63) is 71.4 Å². The van der Waals surface area contributed by atoms with Crippen LogP contribution in [0.5, 0.6) is 0 Å². The van der Waals surface area contributed by atoms with Gasteiger partial charge in [0.15, 0.2) is 5.78 Å². The van der Waals surface area contributed by atoms with E-state index in [9.17, 15) is 4.79 Å². The van der Waals surface area contributed by atoms with E-state index in [0.717, 1.165) is 17.1 Å². The topological polar surface area (TPSA) is 66.9 Å². The molecule has 0 radical (unpaired) electrons. The van der Waals surface area contributed by atoms with Gasteiger partial charge < -0.3 is 10.6 Å². The number of carbonyl (C=O) groups is 1. The zero-order chi connectivity index (χ0) is 19.4. The number of aromatic nitrogens is 2. The first-order valence-electron chi connectivity index (χ1n) is 9.02. The molecule has 0 aliphatic rings. The van der Waals surface area contributed by atoms with E-state index in [-0.39, 0.29) is 5.78 Å². The summed E-state index contributed by atoms with van der Waals surface area (Å²) in [6, 6.07) is 17.4. The van der Waals surface area contributed by atoms with Crippen molar-refractivity contribution in [2.45, 2.75) is 33.6 Å². The fourth-order valence-corrected chi connectivity index (χ4v) is 2.86. The molecule has 0 bridgehead atoms. The van der Waals surface area contributed by atoms with E-state index >= 15 is 0 Å². The minimum Gasteiger partial charge on any atom is -0.340 e. The first-order valence-corrected chi connectivity index (χ1v) is 9.02. The molecule has 0 aliphatic carbocycles. The number of ketones is 1. The van der Waals surface area contributed by atoms with Crippen molar-refractivity contribution in [1.29, 1.82) is 0 Å². The molecule has 27 heavy (non-hydrogen) atoms. The van der Waals surface area contributed by atoms with Crippen LogP contribution >= 0.6 is 0 Å². The quantitative estimate of drug-likeness (QED) is 0.560. The number of nitrogens with zero attached hydrogens (tertiary/aromatic N) is 2. The number of para-hydroxylation sites is 1. The second-order valence-corrected chi connectivity index (χ2v) is 6.84. The number of carbonyl (C=O) groups excluding carboxylic acids is 1. The van der Waals surface area contributed by atoms with Crippen LogP contribution in [0.25, 0.3) is 0 Å². The maximum atomic E-state index is 11.4. The predicted octanol–water partition coefficient (Wildman–Crippen LogP) is 5.60. The Kier molecular flexibility index (Phi) is 5.50. The average molecular weight is 360 g/mol. The van der Waals surface area contributed by atoms with Gasteiger partial charge in [0.25, 0.3) is 0 Å². The van der Waals surface area contributed by atoms with E-state index in [1.165, 1.54) is 5.56 Å².